The van der Waals surface area contributed by atoms with Crippen molar-refractivity contribution >= 4 is 21.6 Å². The third kappa shape index (κ3) is 5.13. The highest BCUT2D eigenvalue weighted by Crippen LogP contribution is 2.26. The van der Waals surface area contributed by atoms with Crippen molar-refractivity contribution in [1.29, 1.82) is 0 Å². The SMILES string of the molecule is Cc1ccc(S(=O)(=O)N2CCCCC2)cc1NC(=O)CN(C)C1CCCCC1. The number of anilines is 1. The number of likely N-dealkylation sites (N-methyl/N-ethyl adjacent to an activating group) is 1. The van der Waals surface area contributed by atoms with Gasteiger partial charge in [0.2, 0.25) is 15.9 Å². The molecule has 6 nitrogen and oxygen atoms in total. The van der Waals surface area contributed by atoms with Gasteiger partial charge in [-0.15, -0.1) is 0 Å². The summed E-state index contributed by atoms with van der Waals surface area (Å²) in [5.74, 6) is -0.0938. The Balaban J connectivity index is 1.68. The van der Waals surface area contributed by atoms with Gasteiger partial charge in [-0.2, -0.15) is 4.31 Å². The van der Waals surface area contributed by atoms with Gasteiger partial charge in [-0.05, 0) is 57.4 Å². The van der Waals surface area contributed by atoms with E-state index in [1.165, 1.54) is 19.3 Å². The quantitative estimate of drug-likeness (QED) is 0.785. The second kappa shape index (κ2) is 9.37. The van der Waals surface area contributed by atoms with Crippen LogP contribution >= 0.6 is 0 Å². The van der Waals surface area contributed by atoms with Crippen molar-refractivity contribution < 1.29 is 13.2 Å². The van der Waals surface area contributed by atoms with Crippen LogP contribution in [-0.2, 0) is 14.8 Å². The summed E-state index contributed by atoms with van der Waals surface area (Å²) in [5, 5.41) is 2.93. The average Bonchev–Trinajstić information content (AvgIpc) is 2.70. The van der Waals surface area contributed by atoms with Crippen LogP contribution in [0.1, 0.15) is 56.9 Å². The van der Waals surface area contributed by atoms with Gasteiger partial charge in [0.05, 0.1) is 11.4 Å². The number of piperidine rings is 1. The fourth-order valence-electron chi connectivity index (χ4n) is 4.22. The molecule has 0 aromatic heterocycles. The number of hydrogen-bond acceptors (Lipinski definition) is 4. The number of sulfonamides is 1. The summed E-state index contributed by atoms with van der Waals surface area (Å²) < 4.78 is 27.4. The molecule has 1 heterocycles. The second-order valence-corrected chi connectivity index (χ2v) is 10.1. The smallest absolute Gasteiger partial charge is 0.243 e. The first-order valence-electron chi connectivity index (χ1n) is 10.5. The van der Waals surface area contributed by atoms with Gasteiger partial charge in [-0.3, -0.25) is 9.69 Å². The van der Waals surface area contributed by atoms with Crippen LogP contribution in [0, 0.1) is 6.92 Å². The minimum absolute atomic E-state index is 0.0938. The van der Waals surface area contributed by atoms with Crippen LogP contribution in [0.2, 0.25) is 0 Å². The average molecular weight is 408 g/mol. The van der Waals surface area contributed by atoms with Crippen molar-refractivity contribution in [2.75, 3.05) is 32.0 Å². The highest BCUT2D eigenvalue weighted by Gasteiger charge is 2.26. The van der Waals surface area contributed by atoms with Crippen molar-refractivity contribution in [2.45, 2.75) is 69.2 Å². The molecular weight excluding hydrogens is 374 g/mol. The molecule has 1 aliphatic carbocycles. The fourth-order valence-corrected chi connectivity index (χ4v) is 5.76. The lowest BCUT2D eigenvalue weighted by molar-refractivity contribution is -0.117. The molecule has 0 atom stereocenters. The van der Waals surface area contributed by atoms with E-state index in [1.807, 2.05) is 14.0 Å². The van der Waals surface area contributed by atoms with E-state index in [4.69, 9.17) is 0 Å². The lowest BCUT2D eigenvalue weighted by Gasteiger charge is -2.30. The van der Waals surface area contributed by atoms with E-state index in [0.717, 1.165) is 37.7 Å². The molecule has 2 aliphatic rings. The number of aryl methyl sites for hydroxylation is 1. The Bertz CT molecular complexity index is 782. The Kier molecular flexibility index (Phi) is 7.12. The molecule has 1 N–H and O–H groups in total. The van der Waals surface area contributed by atoms with Gasteiger partial charge in [0.1, 0.15) is 0 Å². The number of benzene rings is 1. The molecule has 0 spiro atoms. The fraction of sp³-hybridized carbons (Fsp3) is 0.667. The topological polar surface area (TPSA) is 69.7 Å². The minimum atomic E-state index is -3.51. The molecule has 7 heteroatoms. The molecule has 156 valence electrons. The minimum Gasteiger partial charge on any atom is -0.325 e. The second-order valence-electron chi connectivity index (χ2n) is 8.20. The van der Waals surface area contributed by atoms with Crippen LogP contribution in [0.5, 0.6) is 0 Å². The third-order valence-corrected chi connectivity index (χ3v) is 7.92. The predicted molar refractivity (Wildman–Crippen MR) is 112 cm³/mol. The zero-order chi connectivity index (χ0) is 20.1. The van der Waals surface area contributed by atoms with Crippen LogP contribution in [0.3, 0.4) is 0 Å². The maximum Gasteiger partial charge on any atom is 0.243 e. The van der Waals surface area contributed by atoms with Crippen molar-refractivity contribution in [1.82, 2.24) is 9.21 Å². The number of carbonyl (C=O) groups is 1. The standard InChI is InChI=1S/C21H33N3O3S/c1-17-11-12-19(28(26,27)24-13-7-4-8-14-24)15-20(17)22-21(25)16-23(2)18-9-5-3-6-10-18/h11-12,15,18H,3-10,13-14,16H2,1-2H3,(H,22,25). The van der Waals surface area contributed by atoms with E-state index in [-0.39, 0.29) is 10.8 Å². The molecule has 0 bridgehead atoms. The third-order valence-electron chi connectivity index (χ3n) is 6.03. The van der Waals surface area contributed by atoms with Crippen molar-refractivity contribution in [3.63, 3.8) is 0 Å². The molecule has 1 aromatic rings. The summed E-state index contributed by atoms with van der Waals surface area (Å²) in [6.07, 6.45) is 8.92. The van der Waals surface area contributed by atoms with Gasteiger partial charge in [-0.1, -0.05) is 31.7 Å². The van der Waals surface area contributed by atoms with E-state index in [1.54, 1.807) is 22.5 Å². The molecule has 0 unspecified atom stereocenters. The summed E-state index contributed by atoms with van der Waals surface area (Å²) in [5.41, 5.74) is 1.45. The summed E-state index contributed by atoms with van der Waals surface area (Å²) in [6, 6.07) is 5.49. The molecule has 1 amide bonds. The van der Waals surface area contributed by atoms with Crippen LogP contribution in [0.4, 0.5) is 5.69 Å². The maximum atomic E-state index is 12.9. The lowest BCUT2D eigenvalue weighted by Crippen LogP contribution is -2.39. The Morgan fingerprint density at radius 3 is 2.43 bits per heavy atom. The van der Waals surface area contributed by atoms with Crippen LogP contribution in [0.15, 0.2) is 23.1 Å². The Morgan fingerprint density at radius 1 is 1.11 bits per heavy atom. The summed E-state index contributed by atoms with van der Waals surface area (Å²) in [7, 11) is -1.51. The molecule has 28 heavy (non-hydrogen) atoms. The highest BCUT2D eigenvalue weighted by atomic mass is 32.2. The van der Waals surface area contributed by atoms with Crippen LogP contribution < -0.4 is 5.32 Å². The summed E-state index contributed by atoms with van der Waals surface area (Å²) in [4.78, 5) is 15.0. The maximum absolute atomic E-state index is 12.9. The number of amides is 1. The van der Waals surface area contributed by atoms with E-state index in [0.29, 0.717) is 31.4 Å². The molecule has 0 radical (unpaired) electrons. The van der Waals surface area contributed by atoms with Gasteiger partial charge in [0, 0.05) is 24.8 Å². The lowest BCUT2D eigenvalue weighted by atomic mass is 9.94. The Morgan fingerprint density at radius 2 is 1.75 bits per heavy atom. The van der Waals surface area contributed by atoms with Gasteiger partial charge >= 0.3 is 0 Å². The number of nitrogens with zero attached hydrogens (tertiary/aromatic N) is 2. The first kappa shape index (κ1) is 21.3. The molecule has 1 aliphatic heterocycles. The van der Waals surface area contributed by atoms with Crippen molar-refractivity contribution in [3.05, 3.63) is 23.8 Å². The first-order valence-corrected chi connectivity index (χ1v) is 11.9. The molecule has 2 fully saturated rings. The normalized spacial score (nSPS) is 19.7. The summed E-state index contributed by atoms with van der Waals surface area (Å²) >= 11 is 0. The number of carbonyl (C=O) groups excluding carboxylic acids is 1. The Labute approximate surface area is 169 Å². The Hall–Kier alpha value is -1.44. The van der Waals surface area contributed by atoms with Gasteiger partial charge < -0.3 is 5.32 Å². The first-order chi connectivity index (χ1) is 13.4. The van der Waals surface area contributed by atoms with E-state index in [2.05, 4.69) is 10.2 Å². The number of rotatable bonds is 6. The molecule has 1 aromatic carbocycles. The van der Waals surface area contributed by atoms with Gasteiger partial charge in [0.15, 0.2) is 0 Å². The zero-order valence-corrected chi connectivity index (χ0v) is 17.9. The number of hydrogen-bond donors (Lipinski definition) is 1. The predicted octanol–water partition coefficient (Wildman–Crippen LogP) is 3.37. The van der Waals surface area contributed by atoms with E-state index >= 15 is 0 Å². The van der Waals surface area contributed by atoms with Crippen molar-refractivity contribution in [2.24, 2.45) is 0 Å². The number of nitrogens with one attached hydrogen (secondary N) is 1. The summed E-state index contributed by atoms with van der Waals surface area (Å²) in [6.45, 7) is 3.36. The molecule has 1 saturated heterocycles. The molecule has 1 saturated carbocycles. The largest absolute Gasteiger partial charge is 0.325 e. The van der Waals surface area contributed by atoms with E-state index < -0.39 is 10.0 Å². The van der Waals surface area contributed by atoms with Crippen LogP contribution in [-0.4, -0.2) is 56.3 Å². The van der Waals surface area contributed by atoms with Crippen molar-refractivity contribution in [3.8, 4) is 0 Å². The van der Waals surface area contributed by atoms with E-state index in [9.17, 15) is 13.2 Å². The zero-order valence-electron chi connectivity index (χ0n) is 17.1. The molecule has 3 rings (SSSR count). The highest BCUT2D eigenvalue weighted by molar-refractivity contribution is 7.89. The van der Waals surface area contributed by atoms with Gasteiger partial charge in [-0.25, -0.2) is 8.42 Å². The van der Waals surface area contributed by atoms with Gasteiger partial charge in [0.25, 0.3) is 0 Å². The monoisotopic (exact) mass is 407 g/mol. The molecular formula is C21H33N3O3S. The van der Waals surface area contributed by atoms with Crippen LogP contribution in [0.25, 0.3) is 0 Å².